The van der Waals surface area contributed by atoms with E-state index in [0.29, 0.717) is 12.0 Å². The van der Waals surface area contributed by atoms with E-state index < -0.39 is 5.97 Å². The number of benzene rings is 2. The lowest BCUT2D eigenvalue weighted by atomic mass is 10.1. The second kappa shape index (κ2) is 4.44. The molecule has 0 fully saturated rings. The molecule has 0 radical (unpaired) electrons. The third-order valence-corrected chi connectivity index (χ3v) is 2.18. The van der Waals surface area contributed by atoms with Crippen molar-refractivity contribution in [3.63, 3.8) is 0 Å². The molecular formula is C12H9NO3. The molecule has 0 aliphatic carbocycles. The van der Waals surface area contributed by atoms with Gasteiger partial charge in [-0.25, -0.2) is 4.79 Å². The lowest BCUT2D eigenvalue weighted by Crippen LogP contribution is -2.17. The average molecular weight is 215 g/mol. The summed E-state index contributed by atoms with van der Waals surface area (Å²) in [6, 6.07) is 12.9. The lowest BCUT2D eigenvalue weighted by Gasteiger charge is -2.02. The van der Waals surface area contributed by atoms with E-state index in [1.807, 2.05) is 35.8 Å². The van der Waals surface area contributed by atoms with Gasteiger partial charge in [0.15, 0.2) is 0 Å². The second-order valence-electron chi connectivity index (χ2n) is 3.19. The van der Waals surface area contributed by atoms with Crippen LogP contribution in [0.5, 0.6) is 0 Å². The zero-order valence-electron chi connectivity index (χ0n) is 8.34. The zero-order chi connectivity index (χ0) is 11.4. The first-order valence-corrected chi connectivity index (χ1v) is 4.70. The van der Waals surface area contributed by atoms with Crippen LogP contribution in [0.4, 0.5) is 0 Å². The zero-order valence-corrected chi connectivity index (χ0v) is 8.34. The van der Waals surface area contributed by atoms with Gasteiger partial charge in [-0.05, 0) is 22.9 Å². The van der Waals surface area contributed by atoms with Crippen LogP contribution in [0.2, 0.25) is 0 Å². The van der Waals surface area contributed by atoms with E-state index in [4.69, 9.17) is 0 Å². The Morgan fingerprint density at radius 3 is 2.62 bits per heavy atom. The summed E-state index contributed by atoms with van der Waals surface area (Å²) in [6.07, 6.45) is 0.305. The summed E-state index contributed by atoms with van der Waals surface area (Å²) in [5.41, 5.74) is 2.26. The summed E-state index contributed by atoms with van der Waals surface area (Å²) in [5, 5.41) is 1.99. The molecule has 0 saturated carbocycles. The Labute approximate surface area is 91.8 Å². The predicted octanol–water partition coefficient (Wildman–Crippen LogP) is 1.66. The van der Waals surface area contributed by atoms with Gasteiger partial charge in [0.1, 0.15) is 0 Å². The molecule has 0 aliphatic rings. The molecule has 0 aliphatic heterocycles. The van der Waals surface area contributed by atoms with Gasteiger partial charge in [0, 0.05) is 0 Å². The fraction of sp³-hybridized carbons (Fsp3) is 0. The minimum absolute atomic E-state index is 0.305. The van der Waals surface area contributed by atoms with Crippen molar-refractivity contribution in [2.24, 2.45) is 0 Å². The number of amides is 1. The number of rotatable bonds is 3. The lowest BCUT2D eigenvalue weighted by molar-refractivity contribution is -0.117. The van der Waals surface area contributed by atoms with Crippen molar-refractivity contribution in [2.45, 2.75) is 0 Å². The van der Waals surface area contributed by atoms with Gasteiger partial charge >= 0.3 is 5.97 Å². The number of hydrogen-bond acceptors (Lipinski definition) is 3. The van der Waals surface area contributed by atoms with Crippen LogP contribution in [0.15, 0.2) is 42.5 Å². The Kier molecular flexibility index (Phi) is 2.82. The van der Waals surface area contributed by atoms with E-state index in [1.54, 1.807) is 12.1 Å². The van der Waals surface area contributed by atoms with Crippen molar-refractivity contribution in [1.82, 2.24) is 5.48 Å². The summed E-state index contributed by atoms with van der Waals surface area (Å²) < 4.78 is 0. The molecule has 0 spiro atoms. The van der Waals surface area contributed by atoms with Gasteiger partial charge in [0.2, 0.25) is 6.41 Å². The molecule has 80 valence electrons. The Hall–Kier alpha value is -2.36. The highest BCUT2D eigenvalue weighted by Gasteiger charge is 2.07. The minimum Gasteiger partial charge on any atom is -0.336 e. The van der Waals surface area contributed by atoms with Crippen LogP contribution in [-0.4, -0.2) is 12.4 Å². The van der Waals surface area contributed by atoms with Crippen LogP contribution >= 0.6 is 0 Å². The molecule has 2 rings (SSSR count). The molecule has 2 aromatic rings. The Bertz CT molecular complexity index is 537. The third kappa shape index (κ3) is 2.00. The van der Waals surface area contributed by atoms with Gasteiger partial charge in [-0.3, -0.25) is 4.79 Å². The van der Waals surface area contributed by atoms with Crippen LogP contribution < -0.4 is 5.48 Å². The molecule has 4 heteroatoms. The first-order chi connectivity index (χ1) is 7.81. The van der Waals surface area contributed by atoms with Crippen molar-refractivity contribution in [2.75, 3.05) is 0 Å². The van der Waals surface area contributed by atoms with Crippen LogP contribution in [0, 0.1) is 0 Å². The molecule has 1 N–H and O–H groups in total. The quantitative estimate of drug-likeness (QED) is 0.625. The summed E-state index contributed by atoms with van der Waals surface area (Å²) in [5.74, 6) is -0.585. The summed E-state index contributed by atoms with van der Waals surface area (Å²) >= 11 is 0. The van der Waals surface area contributed by atoms with Gasteiger partial charge in [-0.1, -0.05) is 30.3 Å². The number of nitrogens with one attached hydrogen (secondary N) is 1. The van der Waals surface area contributed by atoms with Crippen molar-refractivity contribution in [1.29, 1.82) is 0 Å². The molecule has 4 nitrogen and oxygen atoms in total. The third-order valence-electron chi connectivity index (χ3n) is 2.18. The van der Waals surface area contributed by atoms with Crippen molar-refractivity contribution >= 4 is 23.2 Å². The maximum atomic E-state index is 11.4. The smallest absolute Gasteiger partial charge is 0.336 e. The van der Waals surface area contributed by atoms with E-state index in [2.05, 4.69) is 4.84 Å². The van der Waals surface area contributed by atoms with E-state index in [9.17, 15) is 9.59 Å². The molecule has 0 aromatic heterocycles. The molecule has 1 amide bonds. The highest BCUT2D eigenvalue weighted by Crippen LogP contribution is 2.15. The Morgan fingerprint density at radius 2 is 1.88 bits per heavy atom. The van der Waals surface area contributed by atoms with Crippen molar-refractivity contribution in [3.8, 4) is 0 Å². The normalized spacial score (nSPS) is 9.75. The maximum Gasteiger partial charge on any atom is 0.362 e. The van der Waals surface area contributed by atoms with Gasteiger partial charge in [-0.15, -0.1) is 0 Å². The van der Waals surface area contributed by atoms with Gasteiger partial charge in [0.25, 0.3) is 0 Å². The topological polar surface area (TPSA) is 55.4 Å². The van der Waals surface area contributed by atoms with Crippen LogP contribution in [0.25, 0.3) is 10.8 Å². The number of hydrogen-bond donors (Lipinski definition) is 1. The van der Waals surface area contributed by atoms with E-state index in [1.165, 1.54) is 0 Å². The number of carbonyl (C=O) groups is 2. The molecular weight excluding hydrogens is 206 g/mol. The molecule has 0 unspecified atom stereocenters. The SMILES string of the molecule is O=CNOC(=O)c1ccc2ccccc2c1. The summed E-state index contributed by atoms with van der Waals surface area (Å²) in [4.78, 5) is 25.8. The van der Waals surface area contributed by atoms with E-state index in [0.717, 1.165) is 10.8 Å². The molecule has 0 saturated heterocycles. The summed E-state index contributed by atoms with van der Waals surface area (Å²) in [6.45, 7) is 0. The second-order valence-corrected chi connectivity index (χ2v) is 3.19. The van der Waals surface area contributed by atoms with Crippen molar-refractivity contribution in [3.05, 3.63) is 48.0 Å². The molecule has 2 aromatic carbocycles. The Morgan fingerprint density at radius 1 is 1.12 bits per heavy atom. The molecule has 0 heterocycles. The first-order valence-electron chi connectivity index (χ1n) is 4.70. The molecule has 0 atom stereocenters. The number of hydroxylamine groups is 1. The fourth-order valence-electron chi connectivity index (χ4n) is 1.45. The number of fused-ring (bicyclic) bond motifs is 1. The van der Waals surface area contributed by atoms with Crippen LogP contribution in [0.3, 0.4) is 0 Å². The maximum absolute atomic E-state index is 11.4. The van der Waals surface area contributed by atoms with Crippen LogP contribution in [-0.2, 0) is 9.63 Å². The highest BCUT2D eigenvalue weighted by molar-refractivity contribution is 5.95. The highest BCUT2D eigenvalue weighted by atomic mass is 16.7. The van der Waals surface area contributed by atoms with Crippen molar-refractivity contribution < 1.29 is 14.4 Å². The van der Waals surface area contributed by atoms with E-state index >= 15 is 0 Å². The molecule has 16 heavy (non-hydrogen) atoms. The minimum atomic E-state index is -0.585. The first kappa shape index (κ1) is 10.2. The van der Waals surface area contributed by atoms with E-state index in [-0.39, 0.29) is 0 Å². The fourth-order valence-corrected chi connectivity index (χ4v) is 1.45. The Balaban J connectivity index is 2.32. The molecule has 0 bridgehead atoms. The number of carbonyl (C=O) groups excluding carboxylic acids is 2. The summed E-state index contributed by atoms with van der Waals surface area (Å²) in [7, 11) is 0. The monoisotopic (exact) mass is 215 g/mol. The van der Waals surface area contributed by atoms with Gasteiger partial charge in [-0.2, -0.15) is 5.48 Å². The van der Waals surface area contributed by atoms with Crippen LogP contribution in [0.1, 0.15) is 10.4 Å². The van der Waals surface area contributed by atoms with Gasteiger partial charge < -0.3 is 4.84 Å². The van der Waals surface area contributed by atoms with Gasteiger partial charge in [0.05, 0.1) is 5.56 Å². The predicted molar refractivity (Wildman–Crippen MR) is 58.6 cm³/mol. The largest absolute Gasteiger partial charge is 0.362 e. The average Bonchev–Trinajstić information content (AvgIpc) is 2.35. The standard InChI is InChI=1S/C12H9NO3/c14-8-13-16-12(15)11-6-5-9-3-1-2-4-10(9)7-11/h1-8H,(H,13,14).